The van der Waals surface area contributed by atoms with Crippen LogP contribution in [0.15, 0.2) is 66.7 Å². The van der Waals surface area contributed by atoms with Crippen molar-refractivity contribution in [2.75, 3.05) is 38.0 Å². The molecule has 0 atom stereocenters. The Morgan fingerprint density at radius 3 is 2.50 bits per heavy atom. The number of para-hydroxylation sites is 2. The minimum Gasteiger partial charge on any atom is -0.325 e. The first-order valence-electron chi connectivity index (χ1n) is 9.90. The third-order valence-corrected chi connectivity index (χ3v) is 5.15. The van der Waals surface area contributed by atoms with Crippen LogP contribution in [0, 0.1) is 0 Å². The summed E-state index contributed by atoms with van der Waals surface area (Å²) in [5.41, 5.74) is 3.01. The number of aromatic nitrogens is 1. The van der Waals surface area contributed by atoms with Crippen LogP contribution >= 0.6 is 0 Å². The number of fused-ring (bicyclic) bond motifs is 1. The fraction of sp³-hybridized carbons (Fsp3) is 0.304. The van der Waals surface area contributed by atoms with Crippen molar-refractivity contribution in [3.8, 4) is 0 Å². The Labute approximate surface area is 166 Å². The fourth-order valence-electron chi connectivity index (χ4n) is 3.69. The maximum absolute atomic E-state index is 12.3. The lowest BCUT2D eigenvalue weighted by Gasteiger charge is -2.21. The van der Waals surface area contributed by atoms with Crippen LogP contribution < -0.4 is 5.32 Å². The summed E-state index contributed by atoms with van der Waals surface area (Å²) >= 11 is 0. The van der Waals surface area contributed by atoms with E-state index in [-0.39, 0.29) is 5.91 Å². The van der Waals surface area contributed by atoms with Gasteiger partial charge in [-0.2, -0.15) is 0 Å². The summed E-state index contributed by atoms with van der Waals surface area (Å²) in [6, 6.07) is 22.1. The van der Waals surface area contributed by atoms with E-state index in [9.17, 15) is 4.79 Å². The number of hydrogen-bond donors (Lipinski definition) is 1. The average Bonchev–Trinajstić information content (AvgIpc) is 2.93. The maximum Gasteiger partial charge on any atom is 0.238 e. The van der Waals surface area contributed by atoms with Gasteiger partial charge >= 0.3 is 0 Å². The quantitative estimate of drug-likeness (QED) is 0.744. The second-order valence-electron chi connectivity index (χ2n) is 7.32. The SMILES string of the molecule is O=C(CN1CCCN(Cc2ccc3ccccc3n2)CC1)Nc1ccccc1. The first-order valence-corrected chi connectivity index (χ1v) is 9.90. The fourth-order valence-corrected chi connectivity index (χ4v) is 3.69. The molecule has 0 saturated carbocycles. The van der Waals surface area contributed by atoms with Gasteiger partial charge in [0.2, 0.25) is 5.91 Å². The molecule has 2 aromatic carbocycles. The van der Waals surface area contributed by atoms with Crippen molar-refractivity contribution >= 4 is 22.5 Å². The van der Waals surface area contributed by atoms with Crippen LogP contribution in [-0.2, 0) is 11.3 Å². The van der Waals surface area contributed by atoms with Crippen LogP contribution in [0.25, 0.3) is 10.9 Å². The Kier molecular flexibility index (Phi) is 5.95. The smallest absolute Gasteiger partial charge is 0.238 e. The molecule has 0 unspecified atom stereocenters. The van der Waals surface area contributed by atoms with Crippen molar-refractivity contribution in [3.63, 3.8) is 0 Å². The third-order valence-electron chi connectivity index (χ3n) is 5.15. The lowest BCUT2D eigenvalue weighted by atomic mass is 10.2. The number of pyridine rings is 1. The summed E-state index contributed by atoms with van der Waals surface area (Å²) in [6.07, 6.45) is 1.06. The maximum atomic E-state index is 12.3. The Morgan fingerprint density at radius 2 is 1.61 bits per heavy atom. The second kappa shape index (κ2) is 8.95. The topological polar surface area (TPSA) is 48.5 Å². The largest absolute Gasteiger partial charge is 0.325 e. The van der Waals surface area contributed by atoms with Gasteiger partial charge in [-0.25, -0.2) is 0 Å². The summed E-state index contributed by atoms with van der Waals surface area (Å²) in [6.45, 7) is 5.13. The van der Waals surface area contributed by atoms with E-state index >= 15 is 0 Å². The van der Waals surface area contributed by atoms with Crippen molar-refractivity contribution in [1.82, 2.24) is 14.8 Å². The van der Waals surface area contributed by atoms with E-state index in [2.05, 4.69) is 39.4 Å². The molecular formula is C23H26N4O. The van der Waals surface area contributed by atoms with Crippen molar-refractivity contribution < 1.29 is 4.79 Å². The van der Waals surface area contributed by atoms with E-state index in [4.69, 9.17) is 4.98 Å². The van der Waals surface area contributed by atoms with Gasteiger partial charge in [0, 0.05) is 30.7 Å². The van der Waals surface area contributed by atoms with Crippen molar-refractivity contribution in [1.29, 1.82) is 0 Å². The molecule has 1 aromatic heterocycles. The van der Waals surface area contributed by atoms with Crippen LogP contribution in [-0.4, -0.2) is 53.4 Å². The van der Waals surface area contributed by atoms with Gasteiger partial charge < -0.3 is 5.32 Å². The van der Waals surface area contributed by atoms with Gasteiger partial charge in [0.1, 0.15) is 0 Å². The average molecular weight is 374 g/mol. The number of benzene rings is 2. The summed E-state index contributed by atoms with van der Waals surface area (Å²) in [7, 11) is 0. The number of amides is 1. The predicted molar refractivity (Wildman–Crippen MR) is 113 cm³/mol. The number of nitrogens with zero attached hydrogens (tertiary/aromatic N) is 3. The van der Waals surface area contributed by atoms with Crippen LogP contribution in [0.1, 0.15) is 12.1 Å². The van der Waals surface area contributed by atoms with E-state index in [0.717, 1.165) is 56.0 Å². The zero-order chi connectivity index (χ0) is 19.2. The lowest BCUT2D eigenvalue weighted by Crippen LogP contribution is -2.36. The van der Waals surface area contributed by atoms with Gasteiger partial charge in [-0.1, -0.05) is 42.5 Å². The number of anilines is 1. The van der Waals surface area contributed by atoms with E-state index < -0.39 is 0 Å². The Hall–Kier alpha value is -2.76. The highest BCUT2D eigenvalue weighted by Gasteiger charge is 2.17. The number of rotatable bonds is 5. The predicted octanol–water partition coefficient (Wildman–Crippen LogP) is 3.38. The highest BCUT2D eigenvalue weighted by molar-refractivity contribution is 5.92. The number of nitrogens with one attached hydrogen (secondary N) is 1. The molecule has 1 amide bonds. The highest BCUT2D eigenvalue weighted by Crippen LogP contribution is 2.14. The van der Waals surface area contributed by atoms with E-state index in [0.29, 0.717) is 6.54 Å². The van der Waals surface area contributed by atoms with Crippen LogP contribution in [0.5, 0.6) is 0 Å². The Balaban J connectivity index is 1.30. The molecule has 1 fully saturated rings. The lowest BCUT2D eigenvalue weighted by molar-refractivity contribution is -0.117. The van der Waals surface area contributed by atoms with E-state index in [1.165, 1.54) is 5.39 Å². The van der Waals surface area contributed by atoms with Crippen molar-refractivity contribution in [3.05, 3.63) is 72.4 Å². The summed E-state index contributed by atoms with van der Waals surface area (Å²) in [5, 5.41) is 4.15. The molecule has 3 aromatic rings. The molecule has 5 nitrogen and oxygen atoms in total. The van der Waals surface area contributed by atoms with Gasteiger partial charge in [-0.3, -0.25) is 19.6 Å². The van der Waals surface area contributed by atoms with Gasteiger partial charge in [0.15, 0.2) is 0 Å². The number of hydrogen-bond acceptors (Lipinski definition) is 4. The molecule has 4 rings (SSSR count). The minimum atomic E-state index is 0.0517. The van der Waals surface area contributed by atoms with Gasteiger partial charge in [-0.15, -0.1) is 0 Å². The van der Waals surface area contributed by atoms with Crippen molar-refractivity contribution in [2.45, 2.75) is 13.0 Å². The molecule has 2 heterocycles. The molecule has 5 heteroatoms. The van der Waals surface area contributed by atoms with Crippen LogP contribution in [0.4, 0.5) is 5.69 Å². The number of carbonyl (C=O) groups is 1. The summed E-state index contributed by atoms with van der Waals surface area (Å²) < 4.78 is 0. The standard InChI is InChI=1S/C23H26N4O/c28-23(25-20-8-2-1-3-9-20)18-27-14-6-13-26(15-16-27)17-21-12-11-19-7-4-5-10-22(19)24-21/h1-5,7-12H,6,13-18H2,(H,25,28). The molecule has 0 spiro atoms. The van der Waals surface area contributed by atoms with Gasteiger partial charge in [-0.05, 0) is 43.8 Å². The normalized spacial score (nSPS) is 16.0. The minimum absolute atomic E-state index is 0.0517. The summed E-state index contributed by atoms with van der Waals surface area (Å²) in [4.78, 5) is 21.8. The molecule has 1 aliphatic rings. The zero-order valence-corrected chi connectivity index (χ0v) is 16.1. The highest BCUT2D eigenvalue weighted by atomic mass is 16.2. The first-order chi connectivity index (χ1) is 13.8. The molecule has 1 aliphatic heterocycles. The second-order valence-corrected chi connectivity index (χ2v) is 7.32. The third kappa shape index (κ3) is 4.94. The molecule has 1 saturated heterocycles. The van der Waals surface area contributed by atoms with Gasteiger partial charge in [0.05, 0.1) is 17.8 Å². The molecular weight excluding hydrogens is 348 g/mol. The molecule has 0 aliphatic carbocycles. The van der Waals surface area contributed by atoms with Crippen LogP contribution in [0.3, 0.4) is 0 Å². The Bertz CT molecular complexity index is 928. The molecule has 28 heavy (non-hydrogen) atoms. The summed E-state index contributed by atoms with van der Waals surface area (Å²) in [5.74, 6) is 0.0517. The van der Waals surface area contributed by atoms with Crippen molar-refractivity contribution in [2.24, 2.45) is 0 Å². The molecule has 1 N–H and O–H groups in total. The zero-order valence-electron chi connectivity index (χ0n) is 16.1. The van der Waals surface area contributed by atoms with Gasteiger partial charge in [0.25, 0.3) is 0 Å². The number of carbonyl (C=O) groups excluding carboxylic acids is 1. The van der Waals surface area contributed by atoms with E-state index in [1.54, 1.807) is 0 Å². The molecule has 0 bridgehead atoms. The monoisotopic (exact) mass is 374 g/mol. The molecule has 144 valence electrons. The molecule has 0 radical (unpaired) electrons. The first kappa shape index (κ1) is 18.6. The van der Waals surface area contributed by atoms with Crippen LogP contribution in [0.2, 0.25) is 0 Å². The Morgan fingerprint density at radius 1 is 0.857 bits per heavy atom. The van der Waals surface area contributed by atoms with E-state index in [1.807, 2.05) is 42.5 Å².